The highest BCUT2D eigenvalue weighted by Gasteiger charge is 2.10. The SMILES string of the molecule is CC(CCCO)NC(=O)c1csc(Br)c1. The van der Waals surface area contributed by atoms with E-state index in [1.807, 2.05) is 12.3 Å². The van der Waals surface area contributed by atoms with Gasteiger partial charge in [0.05, 0.1) is 9.35 Å². The summed E-state index contributed by atoms with van der Waals surface area (Å²) in [6, 6.07) is 1.90. The lowest BCUT2D eigenvalue weighted by molar-refractivity contribution is 0.0937. The summed E-state index contributed by atoms with van der Waals surface area (Å²) in [5.74, 6) is -0.0533. The quantitative estimate of drug-likeness (QED) is 0.875. The fourth-order valence-corrected chi connectivity index (χ4v) is 2.34. The van der Waals surface area contributed by atoms with Gasteiger partial charge in [0, 0.05) is 18.0 Å². The molecule has 0 saturated carbocycles. The van der Waals surface area contributed by atoms with E-state index in [2.05, 4.69) is 21.2 Å². The summed E-state index contributed by atoms with van der Waals surface area (Å²) in [4.78, 5) is 11.6. The van der Waals surface area contributed by atoms with Crippen LogP contribution in [0.1, 0.15) is 30.1 Å². The van der Waals surface area contributed by atoms with Gasteiger partial charge in [0.2, 0.25) is 0 Å². The van der Waals surface area contributed by atoms with Gasteiger partial charge in [-0.3, -0.25) is 4.79 Å². The standard InChI is InChI=1S/C10H14BrNO2S/c1-7(3-2-4-13)12-10(14)8-5-9(11)15-6-8/h5-7,13H,2-4H2,1H3,(H,12,14). The largest absolute Gasteiger partial charge is 0.396 e. The minimum atomic E-state index is -0.0533. The smallest absolute Gasteiger partial charge is 0.252 e. The van der Waals surface area contributed by atoms with E-state index in [0.717, 1.165) is 16.6 Å². The highest BCUT2D eigenvalue weighted by Crippen LogP contribution is 2.20. The van der Waals surface area contributed by atoms with Crippen LogP contribution in [-0.2, 0) is 0 Å². The third-order valence-electron chi connectivity index (χ3n) is 2.00. The lowest BCUT2D eigenvalue weighted by atomic mass is 10.2. The summed E-state index contributed by atoms with van der Waals surface area (Å²) in [5, 5.41) is 13.4. The van der Waals surface area contributed by atoms with Gasteiger partial charge in [0.25, 0.3) is 5.91 Å². The van der Waals surface area contributed by atoms with Crippen LogP contribution in [0.25, 0.3) is 0 Å². The highest BCUT2D eigenvalue weighted by molar-refractivity contribution is 9.11. The maximum atomic E-state index is 11.6. The average molecular weight is 292 g/mol. The van der Waals surface area contributed by atoms with E-state index in [1.165, 1.54) is 11.3 Å². The molecule has 0 bridgehead atoms. The average Bonchev–Trinajstić information content (AvgIpc) is 2.61. The molecular formula is C10H14BrNO2S. The molecule has 1 aromatic heterocycles. The van der Waals surface area contributed by atoms with Crippen molar-refractivity contribution in [3.8, 4) is 0 Å². The third kappa shape index (κ3) is 4.32. The van der Waals surface area contributed by atoms with E-state index in [-0.39, 0.29) is 18.6 Å². The van der Waals surface area contributed by atoms with Crippen LogP contribution in [0.5, 0.6) is 0 Å². The molecule has 1 atom stereocenters. The van der Waals surface area contributed by atoms with Gasteiger partial charge in [0.15, 0.2) is 0 Å². The number of hydrogen-bond acceptors (Lipinski definition) is 3. The van der Waals surface area contributed by atoms with E-state index in [4.69, 9.17) is 5.11 Å². The Hall–Kier alpha value is -0.390. The molecule has 84 valence electrons. The Balaban J connectivity index is 2.42. The normalized spacial score (nSPS) is 12.5. The number of hydrogen-bond donors (Lipinski definition) is 2. The monoisotopic (exact) mass is 291 g/mol. The molecule has 1 amide bonds. The molecule has 0 aromatic carbocycles. The van der Waals surface area contributed by atoms with Gasteiger partial charge in [-0.15, -0.1) is 11.3 Å². The van der Waals surface area contributed by atoms with Crippen molar-refractivity contribution in [2.45, 2.75) is 25.8 Å². The second kappa shape index (κ2) is 6.25. The zero-order valence-electron chi connectivity index (χ0n) is 8.50. The zero-order valence-corrected chi connectivity index (χ0v) is 10.9. The van der Waals surface area contributed by atoms with Crippen LogP contribution < -0.4 is 5.32 Å². The Labute approximate surface area is 102 Å². The van der Waals surface area contributed by atoms with Crippen LogP contribution in [0.4, 0.5) is 0 Å². The molecule has 0 fully saturated rings. The first kappa shape index (κ1) is 12.7. The number of amides is 1. The summed E-state index contributed by atoms with van der Waals surface area (Å²) >= 11 is 4.81. The second-order valence-electron chi connectivity index (χ2n) is 3.38. The number of carbonyl (C=O) groups excluding carboxylic acids is 1. The van der Waals surface area contributed by atoms with Crippen molar-refractivity contribution in [2.24, 2.45) is 0 Å². The zero-order chi connectivity index (χ0) is 11.3. The number of rotatable bonds is 5. The Morgan fingerprint density at radius 1 is 1.73 bits per heavy atom. The molecule has 5 heteroatoms. The van der Waals surface area contributed by atoms with Gasteiger partial charge < -0.3 is 10.4 Å². The molecule has 1 rings (SSSR count). The maximum Gasteiger partial charge on any atom is 0.252 e. The van der Waals surface area contributed by atoms with Gasteiger partial charge in [-0.1, -0.05) is 0 Å². The Kier molecular flexibility index (Phi) is 5.28. The van der Waals surface area contributed by atoms with Gasteiger partial charge in [-0.05, 0) is 41.8 Å². The molecule has 15 heavy (non-hydrogen) atoms. The molecule has 0 radical (unpaired) electrons. The lowest BCUT2D eigenvalue weighted by Gasteiger charge is -2.12. The van der Waals surface area contributed by atoms with Crippen LogP contribution >= 0.6 is 27.3 Å². The van der Waals surface area contributed by atoms with Crippen LogP contribution in [0.3, 0.4) is 0 Å². The van der Waals surface area contributed by atoms with E-state index in [1.54, 1.807) is 6.07 Å². The fourth-order valence-electron chi connectivity index (χ4n) is 1.21. The number of thiophene rings is 1. The molecule has 1 heterocycles. The van der Waals surface area contributed by atoms with Crippen molar-refractivity contribution in [1.29, 1.82) is 0 Å². The van der Waals surface area contributed by atoms with Crippen molar-refractivity contribution in [2.75, 3.05) is 6.61 Å². The predicted octanol–water partition coefficient (Wildman–Crippen LogP) is 2.40. The lowest BCUT2D eigenvalue weighted by Crippen LogP contribution is -2.32. The first-order chi connectivity index (χ1) is 7.13. The minimum absolute atomic E-state index is 0.0533. The number of nitrogens with one attached hydrogen (secondary N) is 1. The topological polar surface area (TPSA) is 49.3 Å². The van der Waals surface area contributed by atoms with Gasteiger partial charge >= 0.3 is 0 Å². The van der Waals surface area contributed by atoms with Crippen LogP contribution in [0.2, 0.25) is 0 Å². The number of aliphatic hydroxyl groups excluding tert-OH is 1. The molecule has 1 unspecified atom stereocenters. The van der Waals surface area contributed by atoms with Crippen molar-refractivity contribution in [3.63, 3.8) is 0 Å². The molecular weight excluding hydrogens is 278 g/mol. The summed E-state index contributed by atoms with van der Waals surface area (Å²) in [5.41, 5.74) is 0.683. The Morgan fingerprint density at radius 2 is 2.47 bits per heavy atom. The second-order valence-corrected chi connectivity index (χ2v) is 5.67. The van der Waals surface area contributed by atoms with Crippen molar-refractivity contribution >= 4 is 33.2 Å². The molecule has 0 aliphatic carbocycles. The number of halogens is 1. The Morgan fingerprint density at radius 3 is 3.00 bits per heavy atom. The minimum Gasteiger partial charge on any atom is -0.396 e. The number of carbonyl (C=O) groups is 1. The van der Waals surface area contributed by atoms with Crippen molar-refractivity contribution in [3.05, 3.63) is 20.8 Å². The van der Waals surface area contributed by atoms with E-state index >= 15 is 0 Å². The van der Waals surface area contributed by atoms with Crippen LogP contribution in [0.15, 0.2) is 15.2 Å². The predicted molar refractivity (Wildman–Crippen MR) is 65.3 cm³/mol. The van der Waals surface area contributed by atoms with Crippen molar-refractivity contribution in [1.82, 2.24) is 5.32 Å². The summed E-state index contributed by atoms with van der Waals surface area (Å²) in [6.45, 7) is 2.11. The molecule has 0 saturated heterocycles. The van der Waals surface area contributed by atoms with Crippen LogP contribution in [-0.4, -0.2) is 23.7 Å². The fraction of sp³-hybridized carbons (Fsp3) is 0.500. The van der Waals surface area contributed by atoms with Gasteiger partial charge in [-0.25, -0.2) is 0 Å². The Bertz CT molecular complexity index is 327. The van der Waals surface area contributed by atoms with Gasteiger partial charge in [0.1, 0.15) is 0 Å². The van der Waals surface area contributed by atoms with Gasteiger partial charge in [-0.2, -0.15) is 0 Å². The van der Waals surface area contributed by atoms with E-state index in [9.17, 15) is 4.79 Å². The third-order valence-corrected chi connectivity index (χ3v) is 3.51. The van der Waals surface area contributed by atoms with E-state index < -0.39 is 0 Å². The summed E-state index contributed by atoms with van der Waals surface area (Å²) in [6.07, 6.45) is 1.52. The number of aliphatic hydroxyl groups is 1. The molecule has 0 aliphatic heterocycles. The summed E-state index contributed by atoms with van der Waals surface area (Å²) < 4.78 is 0.954. The molecule has 3 nitrogen and oxygen atoms in total. The molecule has 2 N–H and O–H groups in total. The van der Waals surface area contributed by atoms with E-state index in [0.29, 0.717) is 5.56 Å². The first-order valence-corrected chi connectivity index (χ1v) is 6.46. The van der Waals surface area contributed by atoms with Crippen molar-refractivity contribution < 1.29 is 9.90 Å². The molecule has 0 spiro atoms. The molecule has 0 aliphatic rings. The maximum absolute atomic E-state index is 11.6. The van der Waals surface area contributed by atoms with Crippen LogP contribution in [0, 0.1) is 0 Å². The summed E-state index contributed by atoms with van der Waals surface area (Å²) in [7, 11) is 0. The first-order valence-electron chi connectivity index (χ1n) is 4.79. The highest BCUT2D eigenvalue weighted by atomic mass is 79.9. The molecule has 1 aromatic rings.